The molecular weight excluding hydrogens is 326 g/mol. The Balaban J connectivity index is 1.82. The van der Waals surface area contributed by atoms with Gasteiger partial charge in [-0.1, -0.05) is 72.8 Å². The molecule has 0 spiro atoms. The van der Waals surface area contributed by atoms with Gasteiger partial charge < -0.3 is 10.4 Å². The maximum absolute atomic E-state index is 12.2. The minimum atomic E-state index is -0.844. The number of carbonyl (C=O) groups excluding carboxylic acids is 1. The van der Waals surface area contributed by atoms with Crippen LogP contribution in [0.3, 0.4) is 0 Å². The predicted molar refractivity (Wildman–Crippen MR) is 104 cm³/mol. The van der Waals surface area contributed by atoms with Crippen LogP contribution in [-0.4, -0.2) is 23.0 Å². The molecule has 1 atom stereocenters. The fraction of sp³-hybridized carbons (Fsp3) is 0.273. The third kappa shape index (κ3) is 7.79. The summed E-state index contributed by atoms with van der Waals surface area (Å²) >= 11 is 0. The maximum atomic E-state index is 12.2. The summed E-state index contributed by atoms with van der Waals surface area (Å²) in [7, 11) is 0. The Kier molecular flexibility index (Phi) is 8.13. The summed E-state index contributed by atoms with van der Waals surface area (Å²) < 4.78 is 0. The number of benzene rings is 2. The molecule has 0 aromatic heterocycles. The molecule has 26 heavy (non-hydrogen) atoms. The molecule has 0 aliphatic rings. The summed E-state index contributed by atoms with van der Waals surface area (Å²) in [6.07, 6.45) is 6.14. The molecule has 0 saturated carbocycles. The van der Waals surface area contributed by atoms with Gasteiger partial charge in [-0.05, 0) is 30.4 Å². The Morgan fingerprint density at radius 2 is 1.62 bits per heavy atom. The number of allylic oxidation sites excluding steroid dienone is 1. The molecule has 2 rings (SSSR count). The Morgan fingerprint density at radius 3 is 2.27 bits per heavy atom. The predicted octanol–water partition coefficient (Wildman–Crippen LogP) is 4.07. The van der Waals surface area contributed by atoms with E-state index in [0.717, 1.165) is 11.1 Å². The molecule has 0 heterocycles. The van der Waals surface area contributed by atoms with E-state index in [1.807, 2.05) is 72.8 Å². The summed E-state index contributed by atoms with van der Waals surface area (Å²) in [6.45, 7) is 0. The van der Waals surface area contributed by atoms with E-state index in [2.05, 4.69) is 5.32 Å². The van der Waals surface area contributed by atoms with Gasteiger partial charge >= 0.3 is 5.97 Å². The molecule has 0 bridgehead atoms. The van der Waals surface area contributed by atoms with Crippen LogP contribution in [0.25, 0.3) is 6.08 Å². The van der Waals surface area contributed by atoms with Crippen molar-refractivity contribution >= 4 is 18.0 Å². The first-order chi connectivity index (χ1) is 12.6. The number of hydrogen-bond donors (Lipinski definition) is 2. The van der Waals surface area contributed by atoms with Crippen molar-refractivity contribution in [2.45, 2.75) is 38.1 Å². The monoisotopic (exact) mass is 351 g/mol. The second-order valence-electron chi connectivity index (χ2n) is 6.24. The van der Waals surface area contributed by atoms with Gasteiger partial charge in [0.05, 0.1) is 0 Å². The Hall–Kier alpha value is -2.88. The van der Waals surface area contributed by atoms with Crippen LogP contribution >= 0.6 is 0 Å². The first-order valence-corrected chi connectivity index (χ1v) is 8.90. The molecule has 1 unspecified atom stereocenters. The number of hydrogen-bond acceptors (Lipinski definition) is 2. The fourth-order valence-corrected chi connectivity index (χ4v) is 2.72. The molecule has 0 aliphatic carbocycles. The highest BCUT2D eigenvalue weighted by atomic mass is 16.4. The highest BCUT2D eigenvalue weighted by Crippen LogP contribution is 2.09. The lowest BCUT2D eigenvalue weighted by atomic mass is 10.0. The number of amides is 1. The van der Waals surface area contributed by atoms with Crippen LogP contribution < -0.4 is 5.32 Å². The standard InChI is InChI=1S/C22H25NO3/c24-21(14-8-7-11-18-9-3-1-4-10-18)23-20(15-16-22(25)26)17-19-12-5-2-6-13-19/h1-7,9-13,20H,8,14-17H2,(H,23,24)(H,25,26)/b11-7+. The molecule has 2 aromatic carbocycles. The minimum Gasteiger partial charge on any atom is -0.481 e. The largest absolute Gasteiger partial charge is 0.481 e. The van der Waals surface area contributed by atoms with E-state index in [1.54, 1.807) is 0 Å². The molecule has 1 amide bonds. The van der Waals surface area contributed by atoms with Crippen molar-refractivity contribution in [2.75, 3.05) is 0 Å². The van der Waals surface area contributed by atoms with Crippen molar-refractivity contribution in [3.05, 3.63) is 77.9 Å². The third-order valence-electron chi connectivity index (χ3n) is 4.04. The lowest BCUT2D eigenvalue weighted by molar-refractivity contribution is -0.137. The van der Waals surface area contributed by atoms with Gasteiger partial charge in [-0.15, -0.1) is 0 Å². The zero-order chi connectivity index (χ0) is 18.6. The van der Waals surface area contributed by atoms with Gasteiger partial charge in [0.2, 0.25) is 5.91 Å². The molecule has 2 N–H and O–H groups in total. The van der Waals surface area contributed by atoms with Crippen LogP contribution in [-0.2, 0) is 16.0 Å². The Labute approximate surface area is 154 Å². The van der Waals surface area contributed by atoms with Gasteiger partial charge in [-0.3, -0.25) is 9.59 Å². The van der Waals surface area contributed by atoms with Crippen LogP contribution in [0.5, 0.6) is 0 Å². The third-order valence-corrected chi connectivity index (χ3v) is 4.04. The summed E-state index contributed by atoms with van der Waals surface area (Å²) in [4.78, 5) is 23.1. The van der Waals surface area contributed by atoms with Gasteiger partial charge in [0.15, 0.2) is 0 Å². The minimum absolute atomic E-state index is 0.0472. The number of aliphatic carboxylic acids is 1. The fourth-order valence-electron chi connectivity index (χ4n) is 2.72. The highest BCUT2D eigenvalue weighted by Gasteiger charge is 2.14. The second-order valence-corrected chi connectivity index (χ2v) is 6.24. The van der Waals surface area contributed by atoms with Crippen LogP contribution in [0.15, 0.2) is 66.7 Å². The summed E-state index contributed by atoms with van der Waals surface area (Å²) in [5, 5.41) is 11.9. The SMILES string of the molecule is O=C(O)CCC(Cc1ccccc1)NC(=O)CC/C=C/c1ccccc1. The second kappa shape index (κ2) is 10.9. The Morgan fingerprint density at radius 1 is 0.962 bits per heavy atom. The van der Waals surface area contributed by atoms with E-state index < -0.39 is 5.97 Å². The first-order valence-electron chi connectivity index (χ1n) is 8.90. The van der Waals surface area contributed by atoms with Crippen molar-refractivity contribution in [1.82, 2.24) is 5.32 Å². The molecule has 0 aliphatic heterocycles. The van der Waals surface area contributed by atoms with Crippen LogP contribution in [0.4, 0.5) is 0 Å². The lowest BCUT2D eigenvalue weighted by Gasteiger charge is -2.18. The normalized spacial score (nSPS) is 12.0. The first kappa shape index (κ1) is 19.4. The van der Waals surface area contributed by atoms with E-state index in [4.69, 9.17) is 5.11 Å². The highest BCUT2D eigenvalue weighted by molar-refractivity contribution is 5.76. The van der Waals surface area contributed by atoms with E-state index in [9.17, 15) is 9.59 Å². The summed E-state index contributed by atoms with van der Waals surface area (Å²) in [5.41, 5.74) is 2.20. The van der Waals surface area contributed by atoms with Gasteiger partial charge in [0, 0.05) is 18.9 Å². The molecule has 2 aromatic rings. The Bertz CT molecular complexity index is 711. The topological polar surface area (TPSA) is 66.4 Å². The number of carboxylic acids is 1. The van der Waals surface area contributed by atoms with Crippen molar-refractivity contribution in [2.24, 2.45) is 0 Å². The molecule has 136 valence electrons. The average Bonchev–Trinajstić information content (AvgIpc) is 2.65. The van der Waals surface area contributed by atoms with Crippen LogP contribution in [0, 0.1) is 0 Å². The van der Waals surface area contributed by atoms with E-state index in [0.29, 0.717) is 25.7 Å². The van der Waals surface area contributed by atoms with Gasteiger partial charge in [0.25, 0.3) is 0 Å². The quantitative estimate of drug-likeness (QED) is 0.678. The number of carboxylic acid groups (broad SMARTS) is 1. The van der Waals surface area contributed by atoms with Crippen molar-refractivity contribution in [3.63, 3.8) is 0 Å². The van der Waals surface area contributed by atoms with Crippen molar-refractivity contribution in [1.29, 1.82) is 0 Å². The van der Waals surface area contributed by atoms with E-state index >= 15 is 0 Å². The van der Waals surface area contributed by atoms with E-state index in [-0.39, 0.29) is 18.4 Å². The smallest absolute Gasteiger partial charge is 0.303 e. The summed E-state index contributed by atoms with van der Waals surface area (Å²) in [6, 6.07) is 19.6. The number of rotatable bonds is 10. The average molecular weight is 351 g/mol. The van der Waals surface area contributed by atoms with Gasteiger partial charge in [-0.2, -0.15) is 0 Å². The molecule has 4 nitrogen and oxygen atoms in total. The number of nitrogens with one attached hydrogen (secondary N) is 1. The van der Waals surface area contributed by atoms with Gasteiger partial charge in [0.1, 0.15) is 0 Å². The number of carbonyl (C=O) groups is 2. The van der Waals surface area contributed by atoms with Crippen molar-refractivity contribution < 1.29 is 14.7 Å². The molecule has 0 fully saturated rings. The lowest BCUT2D eigenvalue weighted by Crippen LogP contribution is -2.36. The molecule has 0 saturated heterocycles. The zero-order valence-electron chi connectivity index (χ0n) is 14.8. The van der Waals surface area contributed by atoms with Crippen LogP contribution in [0.2, 0.25) is 0 Å². The maximum Gasteiger partial charge on any atom is 0.303 e. The molecular formula is C22H25NO3. The van der Waals surface area contributed by atoms with Crippen molar-refractivity contribution in [3.8, 4) is 0 Å². The summed E-state index contributed by atoms with van der Waals surface area (Å²) in [5.74, 6) is -0.892. The van der Waals surface area contributed by atoms with Gasteiger partial charge in [-0.25, -0.2) is 0 Å². The molecule has 4 heteroatoms. The van der Waals surface area contributed by atoms with E-state index in [1.165, 1.54) is 0 Å². The molecule has 0 radical (unpaired) electrons. The zero-order valence-corrected chi connectivity index (χ0v) is 14.8. The van der Waals surface area contributed by atoms with Crippen LogP contribution in [0.1, 0.15) is 36.8 Å².